The number of hydrogen-bond donors (Lipinski definition) is 0. The topological polar surface area (TPSA) is 53.5 Å². The highest BCUT2D eigenvalue weighted by Crippen LogP contribution is 2.39. The van der Waals surface area contributed by atoms with Gasteiger partial charge in [-0.05, 0) is 78.9 Å². The maximum Gasteiger partial charge on any atom is 0.145 e. The van der Waals surface area contributed by atoms with E-state index in [0.29, 0.717) is 0 Å². The molecule has 12 aromatic rings. The molecule has 0 amide bonds. The van der Waals surface area contributed by atoms with Crippen molar-refractivity contribution in [1.29, 1.82) is 0 Å². The van der Waals surface area contributed by atoms with Crippen LogP contribution in [0.1, 0.15) is 0 Å². The normalized spacial score (nSPS) is 12.0. The van der Waals surface area contributed by atoms with Gasteiger partial charge in [0.05, 0.1) is 55.5 Å². The summed E-state index contributed by atoms with van der Waals surface area (Å²) in [5, 5.41) is 4.82. The number of benzene rings is 8. The molecule has 4 aromatic heterocycles. The minimum atomic E-state index is 0.804. The number of imidazole rings is 1. The van der Waals surface area contributed by atoms with Crippen molar-refractivity contribution in [3.63, 3.8) is 0 Å². The first-order valence-electron chi connectivity index (χ1n) is 18.6. The van der Waals surface area contributed by atoms with Crippen molar-refractivity contribution in [3.05, 3.63) is 182 Å². The first-order valence-corrected chi connectivity index (χ1v) is 18.6. The van der Waals surface area contributed by atoms with E-state index in [2.05, 4.69) is 184 Å². The van der Waals surface area contributed by atoms with Gasteiger partial charge in [0.2, 0.25) is 0 Å². The first-order chi connectivity index (χ1) is 27.3. The molecule has 0 aliphatic rings. The summed E-state index contributed by atoms with van der Waals surface area (Å²) in [6, 6.07) is 64.0. The molecule has 0 spiro atoms. The van der Waals surface area contributed by atoms with Gasteiger partial charge in [-0.1, -0.05) is 103 Å². The van der Waals surface area contributed by atoms with E-state index in [0.717, 1.165) is 83.6 Å². The third-order valence-corrected chi connectivity index (χ3v) is 11.0. The lowest BCUT2D eigenvalue weighted by Gasteiger charge is -2.16. The molecule has 256 valence electrons. The van der Waals surface area contributed by atoms with Crippen LogP contribution in [-0.2, 0) is 0 Å². The lowest BCUT2D eigenvalue weighted by atomic mass is 10.1. The molecule has 6 heteroatoms. The summed E-state index contributed by atoms with van der Waals surface area (Å²) in [7, 11) is 0. The maximum absolute atomic E-state index is 5.59. The van der Waals surface area contributed by atoms with E-state index in [9.17, 15) is 0 Å². The predicted molar refractivity (Wildman–Crippen MR) is 226 cm³/mol. The number of nitrogens with zero attached hydrogens (tertiary/aromatic N) is 6. The Hall–Kier alpha value is -7.57. The van der Waals surface area contributed by atoms with Gasteiger partial charge in [0.1, 0.15) is 16.9 Å². The second-order valence-electron chi connectivity index (χ2n) is 14.1. The quantitative estimate of drug-likeness (QED) is 0.172. The van der Waals surface area contributed by atoms with Gasteiger partial charge in [-0.15, -0.1) is 0 Å². The molecule has 0 atom stereocenters. The highest BCUT2D eigenvalue weighted by atomic mass is 15.1. The molecule has 0 saturated heterocycles. The number of para-hydroxylation sites is 7. The zero-order chi connectivity index (χ0) is 36.0. The first kappa shape index (κ1) is 29.9. The van der Waals surface area contributed by atoms with Crippen LogP contribution in [0.3, 0.4) is 0 Å². The Morgan fingerprint density at radius 3 is 1.31 bits per heavy atom. The third kappa shape index (κ3) is 4.33. The molecular formula is C49H30N6. The number of rotatable bonds is 4. The van der Waals surface area contributed by atoms with Crippen LogP contribution in [0.2, 0.25) is 0 Å². The molecule has 0 aliphatic carbocycles. The fourth-order valence-corrected chi connectivity index (χ4v) is 8.65. The average molecular weight is 703 g/mol. The Kier molecular flexibility index (Phi) is 6.24. The molecule has 55 heavy (non-hydrogen) atoms. The summed E-state index contributed by atoms with van der Waals surface area (Å²) in [4.78, 5) is 16.3. The number of fused-ring (bicyclic) bond motifs is 9. The van der Waals surface area contributed by atoms with Crippen molar-refractivity contribution in [1.82, 2.24) is 28.7 Å². The predicted octanol–water partition coefficient (Wildman–Crippen LogP) is 12.0. The largest absolute Gasteiger partial charge is 0.307 e. The lowest BCUT2D eigenvalue weighted by molar-refractivity contribution is 1.10. The van der Waals surface area contributed by atoms with Gasteiger partial charge in [0, 0.05) is 32.8 Å². The van der Waals surface area contributed by atoms with E-state index < -0.39 is 0 Å². The molecule has 0 N–H and O–H groups in total. The zero-order valence-electron chi connectivity index (χ0n) is 29.5. The van der Waals surface area contributed by atoms with E-state index in [1.165, 1.54) is 21.5 Å². The van der Waals surface area contributed by atoms with E-state index in [-0.39, 0.29) is 0 Å². The molecule has 6 nitrogen and oxygen atoms in total. The van der Waals surface area contributed by atoms with E-state index >= 15 is 0 Å². The second kappa shape index (κ2) is 11.5. The van der Waals surface area contributed by atoms with Gasteiger partial charge in [0.15, 0.2) is 0 Å². The van der Waals surface area contributed by atoms with Crippen molar-refractivity contribution >= 4 is 76.7 Å². The van der Waals surface area contributed by atoms with Crippen LogP contribution >= 0.6 is 0 Å². The Labute approximate surface area is 314 Å². The fraction of sp³-hybridized carbons (Fsp3) is 0. The van der Waals surface area contributed by atoms with Gasteiger partial charge in [-0.2, -0.15) is 0 Å². The zero-order valence-corrected chi connectivity index (χ0v) is 29.5. The van der Waals surface area contributed by atoms with Crippen molar-refractivity contribution in [2.24, 2.45) is 0 Å². The van der Waals surface area contributed by atoms with Crippen LogP contribution in [0.15, 0.2) is 182 Å². The molecule has 0 bridgehead atoms. The molecule has 8 aromatic carbocycles. The molecular weight excluding hydrogens is 673 g/mol. The summed E-state index contributed by atoms with van der Waals surface area (Å²) in [6.45, 7) is 0. The summed E-state index contributed by atoms with van der Waals surface area (Å²) in [5.74, 6) is 0.859. The SMILES string of the molecule is c1ccc(-n2c(-c3ccc4nc5c(-n6c7ccccc7c7ccccc76)ccc(-n6c7ccccc7c7ccccc76)c5nc4c3)nc3ccccc32)cc1. The van der Waals surface area contributed by atoms with Crippen LogP contribution in [0.5, 0.6) is 0 Å². The Balaban J connectivity index is 1.18. The number of aromatic nitrogens is 6. The molecule has 12 rings (SSSR count). The highest BCUT2D eigenvalue weighted by Gasteiger charge is 2.22. The fourth-order valence-electron chi connectivity index (χ4n) is 8.65. The van der Waals surface area contributed by atoms with Crippen LogP contribution in [0.25, 0.3) is 105 Å². The van der Waals surface area contributed by atoms with Crippen molar-refractivity contribution in [3.8, 4) is 28.5 Å². The van der Waals surface area contributed by atoms with E-state index in [1.807, 2.05) is 12.1 Å². The lowest BCUT2D eigenvalue weighted by Crippen LogP contribution is -2.03. The Bertz CT molecular complexity index is 3390. The molecule has 0 unspecified atom stereocenters. The smallest absolute Gasteiger partial charge is 0.145 e. The summed E-state index contributed by atoms with van der Waals surface area (Å²) >= 11 is 0. The Morgan fingerprint density at radius 2 is 0.764 bits per heavy atom. The minimum Gasteiger partial charge on any atom is -0.307 e. The van der Waals surface area contributed by atoms with Gasteiger partial charge in [-0.3, -0.25) is 4.57 Å². The van der Waals surface area contributed by atoms with E-state index in [1.54, 1.807) is 0 Å². The molecule has 0 fully saturated rings. The summed E-state index contributed by atoms with van der Waals surface area (Å²) in [5.41, 5.74) is 13.8. The van der Waals surface area contributed by atoms with E-state index in [4.69, 9.17) is 15.0 Å². The molecule has 0 saturated carbocycles. The monoisotopic (exact) mass is 702 g/mol. The van der Waals surface area contributed by atoms with Crippen LogP contribution in [0, 0.1) is 0 Å². The van der Waals surface area contributed by atoms with Crippen LogP contribution in [0.4, 0.5) is 0 Å². The van der Waals surface area contributed by atoms with Gasteiger partial charge >= 0.3 is 0 Å². The molecule has 0 radical (unpaired) electrons. The molecule has 4 heterocycles. The van der Waals surface area contributed by atoms with Gasteiger partial charge < -0.3 is 9.13 Å². The average Bonchev–Trinajstić information content (AvgIpc) is 3.91. The van der Waals surface area contributed by atoms with Crippen LogP contribution < -0.4 is 0 Å². The second-order valence-corrected chi connectivity index (χ2v) is 14.1. The minimum absolute atomic E-state index is 0.804. The van der Waals surface area contributed by atoms with Crippen LogP contribution in [-0.4, -0.2) is 28.7 Å². The summed E-state index contributed by atoms with van der Waals surface area (Å²) in [6.07, 6.45) is 0. The standard InChI is InChI=1S/C49H30N6/c1-2-14-32(15-3-1)53-44-25-13-8-20-38(44)52-49(53)31-26-27-37-39(30-31)51-48-46(55-42-23-11-6-18-35(42)36-19-7-12-24-43(36)55)29-28-45(47(48)50-37)54-40-21-9-4-16-33(40)34-17-5-10-22-41(34)54/h1-30H. The number of hydrogen-bond acceptors (Lipinski definition) is 3. The van der Waals surface area contributed by atoms with Gasteiger partial charge in [0.25, 0.3) is 0 Å². The van der Waals surface area contributed by atoms with Crippen molar-refractivity contribution < 1.29 is 0 Å². The summed E-state index contributed by atoms with van der Waals surface area (Å²) < 4.78 is 6.93. The van der Waals surface area contributed by atoms with Crippen molar-refractivity contribution in [2.45, 2.75) is 0 Å². The van der Waals surface area contributed by atoms with Gasteiger partial charge in [-0.25, -0.2) is 15.0 Å². The third-order valence-electron chi connectivity index (χ3n) is 11.0. The maximum atomic E-state index is 5.59. The molecule has 0 aliphatic heterocycles. The highest BCUT2D eigenvalue weighted by molar-refractivity contribution is 6.13. The van der Waals surface area contributed by atoms with Crippen molar-refractivity contribution in [2.75, 3.05) is 0 Å². The Morgan fingerprint density at radius 1 is 0.309 bits per heavy atom.